The first kappa shape index (κ1) is 27.8. The minimum atomic E-state index is -0.874. The van der Waals surface area contributed by atoms with Crippen LogP contribution in [0, 0.1) is 11.3 Å². The van der Waals surface area contributed by atoms with Crippen molar-refractivity contribution in [2.45, 2.75) is 85.2 Å². The third-order valence-electron chi connectivity index (χ3n) is 6.68. The van der Waals surface area contributed by atoms with E-state index in [0.29, 0.717) is 0 Å². The molecule has 3 N–H and O–H groups in total. The summed E-state index contributed by atoms with van der Waals surface area (Å²) < 4.78 is 17.7. The summed E-state index contributed by atoms with van der Waals surface area (Å²) in [5, 5.41) is 7.92. The number of rotatable bonds is 13. The molecule has 7 heteroatoms. The molecule has 0 radical (unpaired) electrons. The first-order valence-corrected chi connectivity index (χ1v) is 11.5. The Balaban J connectivity index is 3.49. The largest absolute Gasteiger partial charge is 0.379 e. The molecule has 3 unspecified atom stereocenters. The van der Waals surface area contributed by atoms with Crippen LogP contribution in [0.25, 0.3) is 0 Å². The number of nitrogens with two attached hydrogens (primary N) is 1. The lowest BCUT2D eigenvalue weighted by atomic mass is 9.80. The maximum atomic E-state index is 7.92. The second kappa shape index (κ2) is 12.1. The van der Waals surface area contributed by atoms with E-state index in [4.69, 9.17) is 25.4 Å². The van der Waals surface area contributed by atoms with Gasteiger partial charge in [-0.2, -0.15) is 0 Å². The van der Waals surface area contributed by atoms with Gasteiger partial charge in [0.15, 0.2) is 0 Å². The van der Waals surface area contributed by atoms with Crippen LogP contribution in [0.4, 0.5) is 0 Å². The van der Waals surface area contributed by atoms with Crippen molar-refractivity contribution in [3.63, 3.8) is 0 Å². The molecule has 1 rings (SSSR count). The quantitative estimate of drug-likeness (QED) is 0.335. The zero-order valence-corrected chi connectivity index (χ0v) is 21.0. The maximum Gasteiger partial charge on any atom is 0.149 e. The van der Waals surface area contributed by atoms with Crippen LogP contribution in [-0.4, -0.2) is 72.5 Å². The first-order valence-electron chi connectivity index (χ1n) is 11.5. The van der Waals surface area contributed by atoms with Gasteiger partial charge >= 0.3 is 0 Å². The Labute approximate surface area is 190 Å². The molecule has 1 aliphatic rings. The Bertz CT molecular complexity index is 614. The molecule has 0 aromatic rings. The van der Waals surface area contributed by atoms with Crippen molar-refractivity contribution in [2.24, 2.45) is 11.7 Å². The van der Waals surface area contributed by atoms with Crippen LogP contribution in [0.5, 0.6) is 0 Å². The monoisotopic (exact) mass is 438 g/mol. The van der Waals surface area contributed by atoms with Gasteiger partial charge in [0.2, 0.25) is 0 Å². The average Bonchev–Trinajstić information content (AvgIpc) is 2.75. The van der Waals surface area contributed by atoms with Crippen molar-refractivity contribution >= 4 is 6.21 Å². The highest BCUT2D eigenvalue weighted by atomic mass is 16.7. The summed E-state index contributed by atoms with van der Waals surface area (Å²) in [6, 6.07) is 0.145. The van der Waals surface area contributed by atoms with Crippen LogP contribution in [0.1, 0.15) is 61.8 Å². The van der Waals surface area contributed by atoms with Gasteiger partial charge in [0.1, 0.15) is 12.5 Å². The Kier molecular flexibility index (Phi) is 10.9. The number of nitrogens with one attached hydrogen (secondary N) is 1. The highest BCUT2D eigenvalue weighted by Gasteiger charge is 2.47. The van der Waals surface area contributed by atoms with Crippen molar-refractivity contribution in [3.05, 3.63) is 24.0 Å². The topological polar surface area (TPSA) is 84.0 Å². The van der Waals surface area contributed by atoms with Gasteiger partial charge in [0, 0.05) is 37.0 Å². The van der Waals surface area contributed by atoms with Gasteiger partial charge in [0.25, 0.3) is 0 Å². The minimum Gasteiger partial charge on any atom is -0.379 e. The van der Waals surface area contributed by atoms with E-state index in [-0.39, 0.29) is 24.9 Å². The summed E-state index contributed by atoms with van der Waals surface area (Å²) in [7, 11) is 0. The predicted octanol–water partition coefficient (Wildman–Crippen LogP) is 3.95. The fraction of sp³-hybridized carbons (Fsp3) is 0.792. The number of ether oxygens (including phenoxy) is 3. The van der Waals surface area contributed by atoms with Gasteiger partial charge < -0.3 is 30.3 Å². The molecule has 7 nitrogen and oxygen atoms in total. The van der Waals surface area contributed by atoms with Gasteiger partial charge in [0.05, 0.1) is 24.9 Å². The predicted molar refractivity (Wildman–Crippen MR) is 128 cm³/mol. The summed E-state index contributed by atoms with van der Waals surface area (Å²) >= 11 is 0. The third kappa shape index (κ3) is 6.86. The standard InChI is InChI=1S/C24H46N4O3/c1-10-19(5)22(20(6)27-12-14-29-15-13-27)28(11-2)24(9,31-17-30-18(3)4)21(7)23(8,26)16-25/h11,16,18,20-21,25H,2,10,12-15,17,26H2,1,3-9H3/b22-19-,25-16?/t20?,21-,23?,24?/m1/s1. The fourth-order valence-corrected chi connectivity index (χ4v) is 4.00. The number of hydrogen-bond acceptors (Lipinski definition) is 7. The summed E-state index contributed by atoms with van der Waals surface area (Å²) in [6.07, 6.45) is 4.08. The summed E-state index contributed by atoms with van der Waals surface area (Å²) in [5.41, 5.74) is 7.20. The second-order valence-corrected chi connectivity index (χ2v) is 9.16. The molecule has 0 aromatic carbocycles. The second-order valence-electron chi connectivity index (χ2n) is 9.16. The molecule has 0 spiro atoms. The lowest BCUT2D eigenvalue weighted by Gasteiger charge is -2.51. The zero-order valence-electron chi connectivity index (χ0n) is 21.0. The van der Waals surface area contributed by atoms with Crippen molar-refractivity contribution in [1.82, 2.24) is 9.80 Å². The van der Waals surface area contributed by atoms with Crippen LogP contribution in [0.15, 0.2) is 24.0 Å². The summed E-state index contributed by atoms with van der Waals surface area (Å²) in [6.45, 7) is 23.9. The molecule has 1 heterocycles. The van der Waals surface area contributed by atoms with E-state index in [1.54, 1.807) is 0 Å². The Morgan fingerprint density at radius 2 is 1.84 bits per heavy atom. The van der Waals surface area contributed by atoms with Gasteiger partial charge in [-0.05, 0) is 54.2 Å². The Hall–Kier alpha value is -1.25. The molecule has 0 amide bonds. The van der Waals surface area contributed by atoms with Crippen LogP contribution in [0.3, 0.4) is 0 Å². The number of nitrogens with zero attached hydrogens (tertiary/aromatic N) is 2. The smallest absolute Gasteiger partial charge is 0.149 e. The molecular formula is C24H46N4O3. The van der Waals surface area contributed by atoms with E-state index in [2.05, 4.69) is 37.1 Å². The van der Waals surface area contributed by atoms with Gasteiger partial charge in [-0.15, -0.1) is 0 Å². The van der Waals surface area contributed by atoms with Crippen molar-refractivity contribution in [3.8, 4) is 0 Å². The SMILES string of the molecule is C=CN(/C(=C(/C)CC)C(C)N1CCOCC1)C(C)(OCOC(C)C)[C@H](C)C(C)(N)C=N. The molecular weight excluding hydrogens is 392 g/mol. The molecule has 0 aliphatic carbocycles. The van der Waals surface area contributed by atoms with E-state index in [0.717, 1.165) is 38.4 Å². The molecule has 0 saturated carbocycles. The maximum absolute atomic E-state index is 7.92. The lowest BCUT2D eigenvalue weighted by Crippen LogP contribution is -2.62. The van der Waals surface area contributed by atoms with Gasteiger partial charge in [-0.25, -0.2) is 0 Å². The average molecular weight is 439 g/mol. The highest BCUT2D eigenvalue weighted by Crippen LogP contribution is 2.38. The number of hydrogen-bond donors (Lipinski definition) is 2. The van der Waals surface area contributed by atoms with Gasteiger partial charge in [-0.1, -0.05) is 26.0 Å². The highest BCUT2D eigenvalue weighted by molar-refractivity contribution is 5.66. The number of allylic oxidation sites excluding steroid dienone is 1. The van der Waals surface area contributed by atoms with Crippen molar-refractivity contribution < 1.29 is 14.2 Å². The van der Waals surface area contributed by atoms with E-state index in [1.165, 1.54) is 11.8 Å². The number of morpholine rings is 1. The van der Waals surface area contributed by atoms with Crippen LogP contribution in [0.2, 0.25) is 0 Å². The van der Waals surface area contributed by atoms with Crippen LogP contribution < -0.4 is 5.73 Å². The first-order chi connectivity index (χ1) is 14.5. The molecule has 1 aliphatic heterocycles. The third-order valence-corrected chi connectivity index (χ3v) is 6.68. The van der Waals surface area contributed by atoms with E-state index < -0.39 is 11.3 Å². The van der Waals surface area contributed by atoms with Gasteiger partial charge in [-0.3, -0.25) is 4.90 Å². The molecule has 4 atom stereocenters. The van der Waals surface area contributed by atoms with E-state index in [9.17, 15) is 0 Å². The fourth-order valence-electron chi connectivity index (χ4n) is 4.00. The molecule has 0 bridgehead atoms. The lowest BCUT2D eigenvalue weighted by molar-refractivity contribution is -0.219. The summed E-state index contributed by atoms with van der Waals surface area (Å²) in [5.74, 6) is -0.234. The molecule has 1 saturated heterocycles. The zero-order chi connectivity index (χ0) is 23.8. The molecule has 31 heavy (non-hydrogen) atoms. The van der Waals surface area contributed by atoms with Crippen molar-refractivity contribution in [1.29, 1.82) is 5.41 Å². The van der Waals surface area contributed by atoms with Crippen LogP contribution in [-0.2, 0) is 14.2 Å². The van der Waals surface area contributed by atoms with Crippen LogP contribution >= 0.6 is 0 Å². The normalized spacial score (nSPS) is 22.1. The van der Waals surface area contributed by atoms with E-state index in [1.807, 2.05) is 40.8 Å². The molecule has 180 valence electrons. The molecule has 1 fully saturated rings. The minimum absolute atomic E-state index is 0.0448. The van der Waals surface area contributed by atoms with E-state index >= 15 is 0 Å². The Morgan fingerprint density at radius 3 is 2.29 bits per heavy atom. The Morgan fingerprint density at radius 1 is 1.26 bits per heavy atom. The molecule has 0 aromatic heterocycles. The summed E-state index contributed by atoms with van der Waals surface area (Å²) in [4.78, 5) is 4.55. The van der Waals surface area contributed by atoms with Crippen molar-refractivity contribution in [2.75, 3.05) is 33.1 Å².